The molecular weight excluding hydrogens is 280 g/mol. The molecule has 1 aromatic heterocycles. The molecule has 1 fully saturated rings. The van der Waals surface area contributed by atoms with Gasteiger partial charge in [0.15, 0.2) is 5.15 Å². The van der Waals surface area contributed by atoms with E-state index in [2.05, 4.69) is 15.6 Å². The van der Waals surface area contributed by atoms with Crippen molar-refractivity contribution in [1.82, 2.24) is 15.2 Å². The lowest BCUT2D eigenvalue weighted by Gasteiger charge is -2.15. The van der Waals surface area contributed by atoms with Gasteiger partial charge in [0.1, 0.15) is 0 Å². The summed E-state index contributed by atoms with van der Waals surface area (Å²) in [4.78, 5) is 28.7. The zero-order valence-corrected chi connectivity index (χ0v) is 11.8. The summed E-state index contributed by atoms with van der Waals surface area (Å²) in [6.45, 7) is 2.02. The number of hydrogen-bond acceptors (Lipinski definition) is 3. The summed E-state index contributed by atoms with van der Waals surface area (Å²) in [7, 11) is 0. The summed E-state index contributed by atoms with van der Waals surface area (Å²) in [6.07, 6.45) is 3.87. The molecule has 1 aromatic rings. The Hall–Kier alpha value is -1.82. The predicted octanol–water partition coefficient (Wildman–Crippen LogP) is 1.87. The molecule has 1 aliphatic rings. The Kier molecular flexibility index (Phi) is 5.17. The molecule has 0 unspecified atom stereocenters. The highest BCUT2D eigenvalue weighted by Gasteiger charge is 2.18. The number of rotatable bonds is 5. The molecular formula is C13H17ClN4O2. The van der Waals surface area contributed by atoms with Crippen molar-refractivity contribution in [2.45, 2.75) is 19.3 Å². The number of likely N-dealkylation sites (tertiary alicyclic amines) is 1. The number of halogens is 1. The molecule has 0 atom stereocenters. The Morgan fingerprint density at radius 1 is 1.50 bits per heavy atom. The predicted molar refractivity (Wildman–Crippen MR) is 76.7 cm³/mol. The molecule has 0 bridgehead atoms. The van der Waals surface area contributed by atoms with Crippen molar-refractivity contribution in [2.24, 2.45) is 0 Å². The van der Waals surface area contributed by atoms with Crippen molar-refractivity contribution in [3.05, 3.63) is 23.5 Å². The van der Waals surface area contributed by atoms with Gasteiger partial charge >= 0.3 is 6.03 Å². The SMILES string of the molecule is O=C(NCCCN1CCCC1=O)Nc1cccnc1Cl. The third-order valence-corrected chi connectivity index (χ3v) is 3.37. The van der Waals surface area contributed by atoms with Crippen LogP contribution in [-0.2, 0) is 4.79 Å². The summed E-state index contributed by atoms with van der Waals surface area (Å²) in [6, 6.07) is 3.05. The van der Waals surface area contributed by atoms with Crippen LogP contribution >= 0.6 is 11.6 Å². The topological polar surface area (TPSA) is 74.3 Å². The van der Waals surface area contributed by atoms with Crippen LogP contribution in [0.3, 0.4) is 0 Å². The van der Waals surface area contributed by atoms with Crippen LogP contribution in [0.25, 0.3) is 0 Å². The number of anilines is 1. The molecule has 0 saturated carbocycles. The van der Waals surface area contributed by atoms with E-state index in [-0.39, 0.29) is 17.1 Å². The molecule has 0 spiro atoms. The zero-order chi connectivity index (χ0) is 14.4. The first-order valence-corrected chi connectivity index (χ1v) is 6.98. The smallest absolute Gasteiger partial charge is 0.319 e. The van der Waals surface area contributed by atoms with Crippen molar-refractivity contribution in [2.75, 3.05) is 25.0 Å². The average Bonchev–Trinajstić information content (AvgIpc) is 2.83. The highest BCUT2D eigenvalue weighted by molar-refractivity contribution is 6.32. The van der Waals surface area contributed by atoms with Gasteiger partial charge in [-0.3, -0.25) is 4.79 Å². The van der Waals surface area contributed by atoms with Crippen molar-refractivity contribution < 1.29 is 9.59 Å². The summed E-state index contributed by atoms with van der Waals surface area (Å²) in [5, 5.41) is 5.60. The van der Waals surface area contributed by atoms with Crippen LogP contribution in [0.4, 0.5) is 10.5 Å². The third kappa shape index (κ3) is 4.09. The monoisotopic (exact) mass is 296 g/mol. The van der Waals surface area contributed by atoms with Gasteiger partial charge in [-0.05, 0) is 25.0 Å². The van der Waals surface area contributed by atoms with Crippen LogP contribution in [0.2, 0.25) is 5.15 Å². The van der Waals surface area contributed by atoms with Crippen LogP contribution in [0.1, 0.15) is 19.3 Å². The van der Waals surface area contributed by atoms with Gasteiger partial charge in [-0.2, -0.15) is 0 Å². The molecule has 7 heteroatoms. The van der Waals surface area contributed by atoms with Gasteiger partial charge in [-0.15, -0.1) is 0 Å². The third-order valence-electron chi connectivity index (χ3n) is 3.07. The van der Waals surface area contributed by atoms with Gasteiger partial charge in [0.25, 0.3) is 0 Å². The van der Waals surface area contributed by atoms with Gasteiger partial charge < -0.3 is 15.5 Å². The van der Waals surface area contributed by atoms with E-state index in [1.807, 2.05) is 4.90 Å². The molecule has 2 heterocycles. The molecule has 3 amide bonds. The Morgan fingerprint density at radius 2 is 2.35 bits per heavy atom. The molecule has 108 valence electrons. The average molecular weight is 297 g/mol. The molecule has 1 aliphatic heterocycles. The van der Waals surface area contributed by atoms with E-state index >= 15 is 0 Å². The van der Waals surface area contributed by atoms with Gasteiger partial charge in [-0.1, -0.05) is 11.6 Å². The number of carbonyl (C=O) groups excluding carboxylic acids is 2. The van der Waals surface area contributed by atoms with E-state index < -0.39 is 0 Å². The highest BCUT2D eigenvalue weighted by atomic mass is 35.5. The van der Waals surface area contributed by atoms with E-state index in [4.69, 9.17) is 11.6 Å². The summed E-state index contributed by atoms with van der Waals surface area (Å²) >= 11 is 5.83. The number of nitrogens with zero attached hydrogens (tertiary/aromatic N) is 2. The maximum atomic E-state index is 11.6. The lowest BCUT2D eigenvalue weighted by atomic mass is 10.4. The number of urea groups is 1. The van der Waals surface area contributed by atoms with Crippen LogP contribution in [0.15, 0.2) is 18.3 Å². The van der Waals surface area contributed by atoms with Gasteiger partial charge in [0.05, 0.1) is 5.69 Å². The fourth-order valence-corrected chi connectivity index (χ4v) is 2.22. The zero-order valence-electron chi connectivity index (χ0n) is 11.1. The Morgan fingerprint density at radius 3 is 3.05 bits per heavy atom. The van der Waals surface area contributed by atoms with Crippen LogP contribution in [0, 0.1) is 0 Å². The molecule has 20 heavy (non-hydrogen) atoms. The second-order valence-corrected chi connectivity index (χ2v) is 4.92. The van der Waals surface area contributed by atoms with Gasteiger partial charge in [0, 0.05) is 32.3 Å². The summed E-state index contributed by atoms with van der Waals surface area (Å²) < 4.78 is 0. The molecule has 0 aliphatic carbocycles. The number of aromatic nitrogens is 1. The largest absolute Gasteiger partial charge is 0.343 e. The Balaban J connectivity index is 1.65. The van der Waals surface area contributed by atoms with E-state index in [0.717, 1.165) is 19.4 Å². The molecule has 1 saturated heterocycles. The maximum absolute atomic E-state index is 11.6. The van der Waals surface area contributed by atoms with E-state index in [9.17, 15) is 9.59 Å². The standard InChI is InChI=1S/C13H17ClN4O2/c14-12-10(4-1-6-15-12)17-13(20)16-7-3-9-18-8-2-5-11(18)19/h1,4,6H,2-3,5,7-9H2,(H2,16,17,20). The van der Waals surface area contributed by atoms with E-state index in [1.54, 1.807) is 18.3 Å². The minimum Gasteiger partial charge on any atom is -0.343 e. The first-order valence-electron chi connectivity index (χ1n) is 6.60. The molecule has 2 rings (SSSR count). The minimum absolute atomic E-state index is 0.205. The molecule has 6 nitrogen and oxygen atoms in total. The second-order valence-electron chi connectivity index (χ2n) is 4.56. The van der Waals surface area contributed by atoms with Crippen LogP contribution in [-0.4, -0.2) is 41.5 Å². The number of hydrogen-bond donors (Lipinski definition) is 2. The molecule has 0 radical (unpaired) electrons. The molecule has 0 aromatic carbocycles. The Labute approximate surface area is 122 Å². The first kappa shape index (κ1) is 14.6. The lowest BCUT2D eigenvalue weighted by Crippen LogP contribution is -2.33. The normalized spacial score (nSPS) is 14.4. The second kappa shape index (κ2) is 7.09. The number of nitrogens with one attached hydrogen (secondary N) is 2. The number of amides is 3. The van der Waals surface area contributed by atoms with E-state index in [0.29, 0.717) is 25.2 Å². The van der Waals surface area contributed by atoms with Crippen molar-refractivity contribution in [3.63, 3.8) is 0 Å². The fraction of sp³-hybridized carbons (Fsp3) is 0.462. The number of pyridine rings is 1. The lowest BCUT2D eigenvalue weighted by molar-refractivity contribution is -0.127. The fourth-order valence-electron chi connectivity index (χ4n) is 2.06. The van der Waals surface area contributed by atoms with Crippen molar-refractivity contribution >= 4 is 29.2 Å². The quantitative estimate of drug-likeness (QED) is 0.643. The number of carbonyl (C=O) groups is 2. The van der Waals surface area contributed by atoms with Crippen molar-refractivity contribution in [3.8, 4) is 0 Å². The highest BCUT2D eigenvalue weighted by Crippen LogP contribution is 2.16. The summed E-state index contributed by atoms with van der Waals surface area (Å²) in [5.41, 5.74) is 0.474. The maximum Gasteiger partial charge on any atom is 0.319 e. The van der Waals surface area contributed by atoms with E-state index in [1.165, 1.54) is 0 Å². The van der Waals surface area contributed by atoms with Gasteiger partial charge in [-0.25, -0.2) is 9.78 Å². The summed E-state index contributed by atoms with van der Waals surface area (Å²) in [5.74, 6) is 0.205. The first-order chi connectivity index (χ1) is 9.66. The van der Waals surface area contributed by atoms with Gasteiger partial charge in [0.2, 0.25) is 5.91 Å². The Bertz CT molecular complexity index is 495. The van der Waals surface area contributed by atoms with Crippen molar-refractivity contribution in [1.29, 1.82) is 0 Å². The van der Waals surface area contributed by atoms with Crippen LogP contribution < -0.4 is 10.6 Å². The molecule has 2 N–H and O–H groups in total. The van der Waals surface area contributed by atoms with Crippen LogP contribution in [0.5, 0.6) is 0 Å². The minimum atomic E-state index is -0.326.